The molecule has 2 unspecified atom stereocenters. The average Bonchev–Trinajstić information content (AvgIpc) is 2.77. The van der Waals surface area contributed by atoms with Gasteiger partial charge in [0, 0.05) is 23.1 Å². The summed E-state index contributed by atoms with van der Waals surface area (Å²) in [4.78, 5) is 11.7. The number of hydrogen-bond acceptors (Lipinski definition) is 2. The molecule has 1 fully saturated rings. The van der Waals surface area contributed by atoms with Crippen LogP contribution in [0.1, 0.15) is 38.4 Å². The molecular formula is C15H16O2. The van der Waals surface area contributed by atoms with E-state index in [1.54, 1.807) is 0 Å². The monoisotopic (exact) mass is 228 g/mol. The number of hydrogen-bond donors (Lipinski definition) is 0. The van der Waals surface area contributed by atoms with Gasteiger partial charge in [-0.1, -0.05) is 32.0 Å². The predicted octanol–water partition coefficient (Wildman–Crippen LogP) is 3.91. The van der Waals surface area contributed by atoms with E-state index in [0.717, 1.165) is 23.2 Å². The number of Topliss-reactive ketones (excluding diaryl/α,β-unsaturated/α-hetero) is 1. The zero-order chi connectivity index (χ0) is 12.0. The van der Waals surface area contributed by atoms with Crippen LogP contribution in [0, 0.1) is 5.41 Å². The van der Waals surface area contributed by atoms with Crippen molar-refractivity contribution < 1.29 is 9.21 Å². The van der Waals surface area contributed by atoms with Crippen LogP contribution in [0.25, 0.3) is 11.0 Å². The number of para-hydroxylation sites is 1. The highest BCUT2D eigenvalue weighted by atomic mass is 16.3. The molecule has 0 aliphatic heterocycles. The van der Waals surface area contributed by atoms with Crippen molar-refractivity contribution in [2.24, 2.45) is 5.41 Å². The zero-order valence-electron chi connectivity index (χ0n) is 10.2. The van der Waals surface area contributed by atoms with Gasteiger partial charge in [-0.25, -0.2) is 0 Å². The predicted molar refractivity (Wildman–Crippen MR) is 67.0 cm³/mol. The minimum Gasteiger partial charge on any atom is -0.461 e. The lowest BCUT2D eigenvalue weighted by atomic mass is 9.58. The molecule has 2 atom stereocenters. The maximum absolute atomic E-state index is 11.7. The number of carbonyl (C=O) groups excluding carboxylic acids is 1. The first-order valence-corrected chi connectivity index (χ1v) is 6.17. The molecule has 3 rings (SSSR count). The van der Waals surface area contributed by atoms with E-state index < -0.39 is 0 Å². The third-order valence-corrected chi connectivity index (χ3v) is 4.32. The number of fused-ring (bicyclic) bond motifs is 1. The molecule has 0 bridgehead atoms. The van der Waals surface area contributed by atoms with E-state index in [2.05, 4.69) is 19.9 Å². The van der Waals surface area contributed by atoms with Gasteiger partial charge >= 0.3 is 0 Å². The Kier molecular flexibility index (Phi) is 2.15. The molecule has 0 radical (unpaired) electrons. The summed E-state index contributed by atoms with van der Waals surface area (Å²) in [5.74, 6) is 1.59. The van der Waals surface area contributed by atoms with Gasteiger partial charge in [0.1, 0.15) is 17.1 Å². The summed E-state index contributed by atoms with van der Waals surface area (Å²) in [6.45, 7) is 4.13. The van der Waals surface area contributed by atoms with Crippen LogP contribution in [0.5, 0.6) is 0 Å². The summed E-state index contributed by atoms with van der Waals surface area (Å²) in [5, 5.41) is 1.13. The molecule has 2 heteroatoms. The molecular weight excluding hydrogens is 212 g/mol. The first kappa shape index (κ1) is 10.6. The van der Waals surface area contributed by atoms with Gasteiger partial charge in [0.25, 0.3) is 0 Å². The molecule has 1 aromatic heterocycles. The van der Waals surface area contributed by atoms with Crippen LogP contribution < -0.4 is 0 Å². The lowest BCUT2D eigenvalue weighted by Gasteiger charge is -2.43. The minimum atomic E-state index is -0.214. The fraction of sp³-hybridized carbons (Fsp3) is 0.400. The standard InChI is InChI=1S/C15H16O2/c1-3-15(2)11(9-14(15)16)13-8-10-6-4-5-7-12(10)17-13/h4-8,11H,3,9H2,1-2H3. The van der Waals surface area contributed by atoms with Crippen LogP contribution in [0.4, 0.5) is 0 Å². The maximum atomic E-state index is 11.7. The molecule has 88 valence electrons. The molecule has 1 aliphatic carbocycles. The Morgan fingerprint density at radius 3 is 2.82 bits per heavy atom. The van der Waals surface area contributed by atoms with Gasteiger partial charge in [-0.15, -0.1) is 0 Å². The van der Waals surface area contributed by atoms with E-state index >= 15 is 0 Å². The summed E-state index contributed by atoms with van der Waals surface area (Å²) < 4.78 is 5.87. The van der Waals surface area contributed by atoms with Gasteiger partial charge in [-0.2, -0.15) is 0 Å². The molecule has 0 saturated heterocycles. The van der Waals surface area contributed by atoms with Crippen molar-refractivity contribution in [3.63, 3.8) is 0 Å². The van der Waals surface area contributed by atoms with Crippen LogP contribution in [0.3, 0.4) is 0 Å². The second kappa shape index (κ2) is 3.46. The summed E-state index contributed by atoms with van der Waals surface area (Å²) in [6, 6.07) is 10.1. The van der Waals surface area contributed by atoms with Gasteiger partial charge in [0.15, 0.2) is 0 Å². The van der Waals surface area contributed by atoms with Gasteiger partial charge in [-0.05, 0) is 18.6 Å². The van der Waals surface area contributed by atoms with Crippen molar-refractivity contribution in [2.75, 3.05) is 0 Å². The second-order valence-electron chi connectivity index (χ2n) is 5.14. The molecule has 1 aromatic carbocycles. The summed E-state index contributed by atoms with van der Waals surface area (Å²) in [7, 11) is 0. The van der Waals surface area contributed by atoms with Gasteiger partial charge in [0.2, 0.25) is 0 Å². The molecule has 0 spiro atoms. The Morgan fingerprint density at radius 1 is 1.41 bits per heavy atom. The van der Waals surface area contributed by atoms with Gasteiger partial charge in [0.05, 0.1) is 0 Å². The quantitative estimate of drug-likeness (QED) is 0.780. The highest BCUT2D eigenvalue weighted by Gasteiger charge is 2.51. The van der Waals surface area contributed by atoms with Crippen molar-refractivity contribution in [1.82, 2.24) is 0 Å². The average molecular weight is 228 g/mol. The Morgan fingerprint density at radius 2 is 2.18 bits per heavy atom. The Hall–Kier alpha value is -1.57. The van der Waals surface area contributed by atoms with Crippen molar-refractivity contribution in [1.29, 1.82) is 0 Å². The molecule has 1 saturated carbocycles. The van der Waals surface area contributed by atoms with E-state index in [-0.39, 0.29) is 11.3 Å². The first-order valence-electron chi connectivity index (χ1n) is 6.17. The molecule has 0 N–H and O–H groups in total. The van der Waals surface area contributed by atoms with Crippen molar-refractivity contribution in [2.45, 2.75) is 32.6 Å². The van der Waals surface area contributed by atoms with Crippen LogP contribution in [0.15, 0.2) is 34.7 Å². The highest BCUT2D eigenvalue weighted by Crippen LogP contribution is 2.52. The molecule has 0 amide bonds. The van der Waals surface area contributed by atoms with Crippen LogP contribution >= 0.6 is 0 Å². The SMILES string of the molecule is CCC1(C)C(=O)CC1c1cc2ccccc2o1. The van der Waals surface area contributed by atoms with E-state index in [1.165, 1.54) is 0 Å². The first-order chi connectivity index (χ1) is 8.15. The maximum Gasteiger partial charge on any atom is 0.140 e. The Bertz CT molecular complexity index is 548. The topological polar surface area (TPSA) is 30.2 Å². The number of furan rings is 1. The van der Waals surface area contributed by atoms with E-state index in [4.69, 9.17) is 4.42 Å². The third kappa shape index (κ3) is 1.36. The number of rotatable bonds is 2. The van der Waals surface area contributed by atoms with Crippen molar-refractivity contribution in [3.8, 4) is 0 Å². The minimum absolute atomic E-state index is 0.214. The molecule has 1 heterocycles. The fourth-order valence-corrected chi connectivity index (χ4v) is 2.74. The van der Waals surface area contributed by atoms with Gasteiger partial charge in [-0.3, -0.25) is 4.79 Å². The molecule has 1 aliphatic rings. The van der Waals surface area contributed by atoms with Crippen LogP contribution in [-0.2, 0) is 4.79 Å². The van der Waals surface area contributed by atoms with Crippen LogP contribution in [-0.4, -0.2) is 5.78 Å². The molecule has 17 heavy (non-hydrogen) atoms. The number of carbonyl (C=O) groups is 1. The van der Waals surface area contributed by atoms with Crippen molar-refractivity contribution >= 4 is 16.8 Å². The summed E-state index contributed by atoms with van der Waals surface area (Å²) >= 11 is 0. The Labute approximate surface area is 101 Å². The van der Waals surface area contributed by atoms with E-state index in [1.807, 2.05) is 24.3 Å². The third-order valence-electron chi connectivity index (χ3n) is 4.32. The number of benzene rings is 1. The Balaban J connectivity index is 2.03. The largest absolute Gasteiger partial charge is 0.461 e. The number of ketones is 1. The smallest absolute Gasteiger partial charge is 0.140 e. The lowest BCUT2D eigenvalue weighted by molar-refractivity contribution is -0.140. The van der Waals surface area contributed by atoms with Gasteiger partial charge < -0.3 is 4.42 Å². The second-order valence-corrected chi connectivity index (χ2v) is 5.14. The zero-order valence-corrected chi connectivity index (χ0v) is 10.2. The van der Waals surface area contributed by atoms with Crippen molar-refractivity contribution in [3.05, 3.63) is 36.1 Å². The fourth-order valence-electron chi connectivity index (χ4n) is 2.74. The van der Waals surface area contributed by atoms with E-state index in [9.17, 15) is 4.79 Å². The summed E-state index contributed by atoms with van der Waals surface area (Å²) in [5.41, 5.74) is 0.703. The normalized spacial score (nSPS) is 28.4. The molecule has 2 aromatic rings. The lowest BCUT2D eigenvalue weighted by Crippen LogP contribution is -2.45. The highest BCUT2D eigenvalue weighted by molar-refractivity contribution is 5.93. The van der Waals surface area contributed by atoms with Crippen LogP contribution in [0.2, 0.25) is 0 Å². The summed E-state index contributed by atoms with van der Waals surface area (Å²) in [6.07, 6.45) is 1.51. The molecule has 2 nitrogen and oxygen atoms in total. The van der Waals surface area contributed by atoms with E-state index in [0.29, 0.717) is 12.2 Å².